The minimum atomic E-state index is -0.488. The number of carbonyl (C=O) groups excluding carboxylic acids is 2. The molecule has 1 aliphatic rings. The first kappa shape index (κ1) is 18.3. The Hall–Kier alpha value is -2.00. The normalized spacial score (nSPS) is 15.3. The summed E-state index contributed by atoms with van der Waals surface area (Å²) in [6.45, 7) is 7.99. The van der Waals surface area contributed by atoms with E-state index in [2.05, 4.69) is 0 Å². The third kappa shape index (κ3) is 4.30. The van der Waals surface area contributed by atoms with Crippen molar-refractivity contribution in [1.82, 2.24) is 14.7 Å². The van der Waals surface area contributed by atoms with Gasteiger partial charge in [0.05, 0.1) is 16.3 Å². The topological polar surface area (TPSA) is 87.0 Å². The molecule has 8 nitrogen and oxygen atoms in total. The summed E-state index contributed by atoms with van der Waals surface area (Å²) in [6, 6.07) is 2.86. The summed E-state index contributed by atoms with van der Waals surface area (Å²) in [6.07, 6.45) is 0. The number of hydrogen-bond donors (Lipinski definition) is 0. The Morgan fingerprint density at radius 1 is 1.21 bits per heavy atom. The number of nitrogens with zero attached hydrogens (tertiary/aromatic N) is 4. The van der Waals surface area contributed by atoms with Gasteiger partial charge in [0, 0.05) is 45.3 Å². The molecule has 1 aromatic heterocycles. The van der Waals surface area contributed by atoms with Crippen molar-refractivity contribution in [2.45, 2.75) is 13.8 Å². The van der Waals surface area contributed by atoms with Gasteiger partial charge in [0.2, 0.25) is 5.91 Å². The Morgan fingerprint density at radius 3 is 2.33 bits per heavy atom. The monoisotopic (exact) mass is 354 g/mol. The van der Waals surface area contributed by atoms with E-state index in [-0.39, 0.29) is 16.8 Å². The van der Waals surface area contributed by atoms with Gasteiger partial charge in [0.1, 0.15) is 0 Å². The van der Waals surface area contributed by atoms with Crippen LogP contribution < -0.4 is 0 Å². The van der Waals surface area contributed by atoms with Gasteiger partial charge in [0.15, 0.2) is 0 Å². The molecule has 1 saturated heterocycles. The van der Waals surface area contributed by atoms with Crippen molar-refractivity contribution < 1.29 is 14.5 Å². The Morgan fingerprint density at radius 2 is 1.83 bits per heavy atom. The fourth-order valence-electron chi connectivity index (χ4n) is 2.67. The lowest BCUT2D eigenvalue weighted by molar-refractivity contribution is -0.380. The van der Waals surface area contributed by atoms with Gasteiger partial charge in [-0.1, -0.05) is 11.3 Å². The highest BCUT2D eigenvalue weighted by atomic mass is 32.1. The van der Waals surface area contributed by atoms with Gasteiger partial charge >= 0.3 is 5.00 Å². The largest absolute Gasteiger partial charge is 0.342 e. The summed E-state index contributed by atoms with van der Waals surface area (Å²) in [5.41, 5.74) is 0. The van der Waals surface area contributed by atoms with E-state index in [0.29, 0.717) is 50.7 Å². The molecule has 9 heteroatoms. The van der Waals surface area contributed by atoms with Crippen molar-refractivity contribution >= 4 is 28.2 Å². The molecular formula is C15H22N4O4S. The van der Waals surface area contributed by atoms with Crippen molar-refractivity contribution in [2.24, 2.45) is 0 Å². The summed E-state index contributed by atoms with van der Waals surface area (Å²) in [5.74, 6) is -0.0727. The highest BCUT2D eigenvalue weighted by molar-refractivity contribution is 7.17. The highest BCUT2D eigenvalue weighted by Gasteiger charge is 2.26. The van der Waals surface area contributed by atoms with E-state index >= 15 is 0 Å². The quantitative estimate of drug-likeness (QED) is 0.567. The second-order valence-corrected chi connectivity index (χ2v) is 6.59. The first-order chi connectivity index (χ1) is 11.5. The van der Waals surface area contributed by atoms with Crippen molar-refractivity contribution in [3.8, 4) is 0 Å². The van der Waals surface area contributed by atoms with Gasteiger partial charge in [-0.25, -0.2) is 0 Å². The van der Waals surface area contributed by atoms with Crippen LogP contribution in [-0.4, -0.2) is 77.3 Å². The van der Waals surface area contributed by atoms with E-state index in [1.165, 1.54) is 12.1 Å². The van der Waals surface area contributed by atoms with E-state index < -0.39 is 4.92 Å². The number of hydrogen-bond acceptors (Lipinski definition) is 6. The first-order valence-corrected chi connectivity index (χ1v) is 8.81. The van der Waals surface area contributed by atoms with Crippen LogP contribution in [0.1, 0.15) is 23.5 Å². The Kier molecular flexibility index (Phi) is 6.27. The van der Waals surface area contributed by atoms with Gasteiger partial charge in [0.25, 0.3) is 5.91 Å². The molecular weight excluding hydrogens is 332 g/mol. The van der Waals surface area contributed by atoms with Crippen LogP contribution >= 0.6 is 11.3 Å². The van der Waals surface area contributed by atoms with Crippen LogP contribution in [0.5, 0.6) is 0 Å². The summed E-state index contributed by atoms with van der Waals surface area (Å²) in [5, 5.41) is 10.7. The maximum absolute atomic E-state index is 12.4. The molecule has 0 bridgehead atoms. The van der Waals surface area contributed by atoms with Gasteiger partial charge in [-0.15, -0.1) is 0 Å². The van der Waals surface area contributed by atoms with Gasteiger partial charge in [-0.05, 0) is 19.9 Å². The molecule has 2 rings (SSSR count). The van der Waals surface area contributed by atoms with Gasteiger partial charge in [-0.3, -0.25) is 24.6 Å². The summed E-state index contributed by atoms with van der Waals surface area (Å²) in [4.78, 5) is 40.6. The third-order valence-electron chi connectivity index (χ3n) is 4.12. The predicted molar refractivity (Wildman–Crippen MR) is 91.2 cm³/mol. The van der Waals surface area contributed by atoms with Crippen LogP contribution in [0.25, 0.3) is 0 Å². The second kappa shape index (κ2) is 8.20. The lowest BCUT2D eigenvalue weighted by Crippen LogP contribution is -2.51. The third-order valence-corrected chi connectivity index (χ3v) is 5.14. The van der Waals surface area contributed by atoms with E-state index in [0.717, 1.165) is 11.3 Å². The molecule has 0 unspecified atom stereocenters. The zero-order chi connectivity index (χ0) is 17.7. The molecule has 2 heterocycles. The van der Waals surface area contributed by atoms with Gasteiger partial charge < -0.3 is 9.80 Å². The van der Waals surface area contributed by atoms with E-state index in [9.17, 15) is 19.7 Å². The summed E-state index contributed by atoms with van der Waals surface area (Å²) in [7, 11) is 0. The molecule has 132 valence electrons. The lowest BCUT2D eigenvalue weighted by atomic mass is 10.3. The van der Waals surface area contributed by atoms with Crippen molar-refractivity contribution in [3.05, 3.63) is 27.1 Å². The molecule has 1 aliphatic heterocycles. The molecule has 2 amide bonds. The fourth-order valence-corrected chi connectivity index (χ4v) is 3.46. The standard InChI is InChI=1S/C15H22N4O4S/c1-3-17(4-2)13(20)11-16-7-9-18(10-8-16)15(21)12-5-6-14(24-12)19(22)23/h5-6H,3-4,7-11H2,1-2H3. The van der Waals surface area contributed by atoms with Crippen LogP contribution in [0.3, 0.4) is 0 Å². The van der Waals surface area contributed by atoms with E-state index in [4.69, 9.17) is 0 Å². The van der Waals surface area contributed by atoms with Crippen LogP contribution in [0, 0.1) is 10.1 Å². The smallest absolute Gasteiger partial charge is 0.324 e. The molecule has 1 aromatic rings. The number of carbonyl (C=O) groups is 2. The molecule has 0 saturated carbocycles. The molecule has 0 N–H and O–H groups in total. The van der Waals surface area contributed by atoms with Crippen molar-refractivity contribution in [1.29, 1.82) is 0 Å². The molecule has 24 heavy (non-hydrogen) atoms. The lowest BCUT2D eigenvalue weighted by Gasteiger charge is -2.35. The minimum Gasteiger partial charge on any atom is -0.342 e. The van der Waals surface area contributed by atoms with Crippen molar-refractivity contribution in [2.75, 3.05) is 45.8 Å². The van der Waals surface area contributed by atoms with Crippen LogP contribution in [0.2, 0.25) is 0 Å². The SMILES string of the molecule is CCN(CC)C(=O)CN1CCN(C(=O)c2ccc([N+](=O)[O-])s2)CC1. The Bertz CT molecular complexity index is 606. The summed E-state index contributed by atoms with van der Waals surface area (Å²) >= 11 is 0.899. The Labute approximate surface area is 144 Å². The average Bonchev–Trinajstić information content (AvgIpc) is 3.06. The number of piperazine rings is 1. The molecule has 1 fully saturated rings. The molecule has 0 aliphatic carbocycles. The highest BCUT2D eigenvalue weighted by Crippen LogP contribution is 2.25. The fraction of sp³-hybridized carbons (Fsp3) is 0.600. The van der Waals surface area contributed by atoms with Crippen LogP contribution in [0.15, 0.2) is 12.1 Å². The number of nitro groups is 1. The van der Waals surface area contributed by atoms with E-state index in [1.807, 2.05) is 18.7 Å². The molecule has 0 radical (unpaired) electrons. The molecule has 0 atom stereocenters. The van der Waals surface area contributed by atoms with Gasteiger partial charge in [-0.2, -0.15) is 0 Å². The van der Waals surface area contributed by atoms with E-state index in [1.54, 1.807) is 9.80 Å². The number of likely N-dealkylation sites (N-methyl/N-ethyl adjacent to an activating group) is 1. The predicted octanol–water partition coefficient (Wildman–Crippen LogP) is 1.28. The summed E-state index contributed by atoms with van der Waals surface area (Å²) < 4.78 is 0. The Balaban J connectivity index is 1.86. The zero-order valence-corrected chi connectivity index (χ0v) is 14.8. The van der Waals surface area contributed by atoms with Crippen LogP contribution in [-0.2, 0) is 4.79 Å². The maximum atomic E-state index is 12.4. The second-order valence-electron chi connectivity index (χ2n) is 5.53. The van der Waals surface area contributed by atoms with Crippen molar-refractivity contribution in [3.63, 3.8) is 0 Å². The van der Waals surface area contributed by atoms with Crippen LogP contribution in [0.4, 0.5) is 5.00 Å². The number of rotatable bonds is 6. The average molecular weight is 354 g/mol. The number of thiophene rings is 1. The molecule has 0 aromatic carbocycles. The first-order valence-electron chi connectivity index (χ1n) is 7.99. The minimum absolute atomic E-state index is 0.0261. The molecule has 0 spiro atoms. The number of amides is 2. The maximum Gasteiger partial charge on any atom is 0.324 e. The zero-order valence-electron chi connectivity index (χ0n) is 13.9.